The Labute approximate surface area is 138 Å². The second-order valence-corrected chi connectivity index (χ2v) is 7.23. The van der Waals surface area contributed by atoms with Crippen molar-refractivity contribution in [3.8, 4) is 0 Å². The summed E-state index contributed by atoms with van der Waals surface area (Å²) in [5.41, 5.74) is 0.0554. The first kappa shape index (κ1) is 15.9. The van der Waals surface area contributed by atoms with E-state index >= 15 is 0 Å². The normalized spacial score (nSPS) is 24.6. The summed E-state index contributed by atoms with van der Waals surface area (Å²) in [6, 6.07) is 1.68. The van der Waals surface area contributed by atoms with Crippen molar-refractivity contribution in [2.75, 3.05) is 24.7 Å². The number of carbonyl (C=O) groups is 1. The number of nitrogens with one attached hydrogen (secondary N) is 1. The highest BCUT2D eigenvalue weighted by molar-refractivity contribution is 7.99. The van der Waals surface area contributed by atoms with Crippen LogP contribution in [0.2, 0.25) is 5.02 Å². The summed E-state index contributed by atoms with van der Waals surface area (Å²) in [6.45, 7) is 1.39. The number of hydrogen-bond donors (Lipinski definition) is 1. The Hall–Kier alpha value is -0.980. The van der Waals surface area contributed by atoms with Crippen molar-refractivity contribution < 1.29 is 9.53 Å². The third-order valence-electron chi connectivity index (χ3n) is 4.14. The van der Waals surface area contributed by atoms with Crippen molar-refractivity contribution in [2.45, 2.75) is 31.4 Å². The lowest BCUT2D eigenvalue weighted by atomic mass is 10.1. The average Bonchev–Trinajstić information content (AvgIpc) is 3.20. The number of rotatable bonds is 4. The molecule has 22 heavy (non-hydrogen) atoms. The van der Waals surface area contributed by atoms with E-state index in [-0.39, 0.29) is 28.6 Å². The van der Waals surface area contributed by atoms with Gasteiger partial charge in [0.2, 0.25) is 0 Å². The number of hydrogen-bond acceptors (Lipinski definition) is 4. The quantitative estimate of drug-likeness (QED) is 0.910. The smallest absolute Gasteiger partial charge is 0.266 e. The average molecular weight is 343 g/mol. The minimum Gasteiger partial charge on any atom is -0.376 e. The Morgan fingerprint density at radius 2 is 2.36 bits per heavy atom. The molecule has 0 saturated carbocycles. The van der Waals surface area contributed by atoms with Crippen molar-refractivity contribution in [1.29, 1.82) is 0 Å². The Morgan fingerprint density at radius 3 is 3.00 bits per heavy atom. The van der Waals surface area contributed by atoms with Crippen LogP contribution in [0, 0.1) is 0 Å². The Kier molecular flexibility index (Phi) is 5.10. The first-order chi connectivity index (χ1) is 10.6. The van der Waals surface area contributed by atoms with E-state index in [1.807, 2.05) is 16.7 Å². The molecule has 2 aliphatic rings. The maximum atomic E-state index is 12.9. The van der Waals surface area contributed by atoms with Gasteiger partial charge in [-0.2, -0.15) is 11.8 Å². The van der Waals surface area contributed by atoms with Gasteiger partial charge in [0.15, 0.2) is 0 Å². The number of H-pyrrole nitrogens is 1. The van der Waals surface area contributed by atoms with Gasteiger partial charge in [-0.3, -0.25) is 9.59 Å². The van der Waals surface area contributed by atoms with Gasteiger partial charge in [0.05, 0.1) is 11.7 Å². The van der Waals surface area contributed by atoms with Crippen LogP contribution in [0.4, 0.5) is 0 Å². The number of ether oxygens (including phenoxy) is 1. The number of nitrogens with zero attached hydrogens (tertiary/aromatic N) is 1. The van der Waals surface area contributed by atoms with Crippen molar-refractivity contribution in [1.82, 2.24) is 9.88 Å². The van der Waals surface area contributed by atoms with E-state index < -0.39 is 0 Å². The lowest BCUT2D eigenvalue weighted by Crippen LogP contribution is -2.44. The molecule has 0 spiro atoms. The molecule has 3 rings (SSSR count). The molecular weight excluding hydrogens is 324 g/mol. The third kappa shape index (κ3) is 3.50. The Morgan fingerprint density at radius 1 is 1.50 bits per heavy atom. The molecule has 2 fully saturated rings. The van der Waals surface area contributed by atoms with Crippen LogP contribution >= 0.6 is 23.4 Å². The highest BCUT2D eigenvalue weighted by Crippen LogP contribution is 2.26. The van der Waals surface area contributed by atoms with E-state index in [9.17, 15) is 9.59 Å². The van der Waals surface area contributed by atoms with Crippen molar-refractivity contribution in [3.63, 3.8) is 0 Å². The monoisotopic (exact) mass is 342 g/mol. The van der Waals surface area contributed by atoms with E-state index in [0.29, 0.717) is 12.1 Å². The van der Waals surface area contributed by atoms with Crippen LogP contribution < -0.4 is 5.56 Å². The summed E-state index contributed by atoms with van der Waals surface area (Å²) in [4.78, 5) is 28.6. The molecule has 1 aromatic heterocycles. The van der Waals surface area contributed by atoms with Gasteiger partial charge in [0.25, 0.3) is 11.5 Å². The van der Waals surface area contributed by atoms with E-state index in [1.165, 1.54) is 12.3 Å². The van der Waals surface area contributed by atoms with E-state index in [0.717, 1.165) is 37.4 Å². The van der Waals surface area contributed by atoms with Crippen LogP contribution in [-0.2, 0) is 4.74 Å². The van der Waals surface area contributed by atoms with Crippen molar-refractivity contribution >= 4 is 29.3 Å². The van der Waals surface area contributed by atoms with Crippen LogP contribution in [0.1, 0.15) is 29.6 Å². The largest absolute Gasteiger partial charge is 0.376 e. The fraction of sp³-hybridized carbons (Fsp3) is 0.600. The molecule has 7 heteroatoms. The number of aromatic nitrogens is 1. The predicted molar refractivity (Wildman–Crippen MR) is 87.8 cm³/mol. The molecule has 5 nitrogen and oxygen atoms in total. The zero-order valence-corrected chi connectivity index (χ0v) is 13.8. The first-order valence-corrected chi connectivity index (χ1v) is 9.07. The maximum Gasteiger partial charge on any atom is 0.266 e. The Bertz CT molecular complexity index is 595. The molecular formula is C15H19ClN2O3S. The number of pyridine rings is 1. The number of amides is 1. The summed E-state index contributed by atoms with van der Waals surface area (Å²) in [7, 11) is 0. The number of carbonyl (C=O) groups excluding carboxylic acids is 1. The SMILES string of the molecule is O=C(c1c[nH]c(=O)c(Cl)c1)N(C[C@H]1CCCO1)[C@H]1CCSC1. The van der Waals surface area contributed by atoms with Crippen LogP contribution in [0.25, 0.3) is 0 Å². The van der Waals surface area contributed by atoms with Gasteiger partial charge >= 0.3 is 0 Å². The summed E-state index contributed by atoms with van der Waals surface area (Å²) in [5.74, 6) is 1.95. The van der Waals surface area contributed by atoms with E-state index in [1.54, 1.807) is 0 Å². The molecule has 0 aromatic carbocycles. The van der Waals surface area contributed by atoms with Crippen LogP contribution in [0.15, 0.2) is 17.1 Å². The zero-order chi connectivity index (χ0) is 15.5. The van der Waals surface area contributed by atoms with Crippen LogP contribution in [-0.4, -0.2) is 52.6 Å². The van der Waals surface area contributed by atoms with Crippen molar-refractivity contribution in [3.05, 3.63) is 33.2 Å². The molecule has 3 heterocycles. The Balaban J connectivity index is 1.81. The topological polar surface area (TPSA) is 62.4 Å². The minimum absolute atomic E-state index is 0.0451. The summed E-state index contributed by atoms with van der Waals surface area (Å²) in [5, 5.41) is 0.0451. The third-order valence-corrected chi connectivity index (χ3v) is 5.56. The van der Waals surface area contributed by atoms with Gasteiger partial charge in [0, 0.05) is 31.1 Å². The molecule has 0 aliphatic carbocycles. The standard InChI is InChI=1S/C15H19ClN2O3S/c16-13-6-10(7-17-14(13)19)15(20)18(11-3-5-22-9-11)8-12-2-1-4-21-12/h6-7,11-12H,1-5,8-9H2,(H,17,19)/t11-,12+/m0/s1. The number of thioether (sulfide) groups is 1. The molecule has 1 aromatic rings. The van der Waals surface area contributed by atoms with Crippen LogP contribution in [0.5, 0.6) is 0 Å². The van der Waals surface area contributed by atoms with Gasteiger partial charge in [0.1, 0.15) is 5.02 Å². The zero-order valence-electron chi connectivity index (χ0n) is 12.2. The lowest BCUT2D eigenvalue weighted by Gasteiger charge is -2.30. The van der Waals surface area contributed by atoms with Gasteiger partial charge in [-0.1, -0.05) is 11.6 Å². The maximum absolute atomic E-state index is 12.9. The minimum atomic E-state index is -0.375. The molecule has 0 bridgehead atoms. The molecule has 2 saturated heterocycles. The second-order valence-electron chi connectivity index (χ2n) is 5.68. The molecule has 1 amide bonds. The van der Waals surface area contributed by atoms with Gasteiger partial charge in [-0.05, 0) is 31.1 Å². The van der Waals surface area contributed by atoms with Gasteiger partial charge in [-0.15, -0.1) is 0 Å². The van der Waals surface area contributed by atoms with Crippen molar-refractivity contribution in [2.24, 2.45) is 0 Å². The summed E-state index contributed by atoms with van der Waals surface area (Å²) in [6.07, 6.45) is 4.61. The lowest BCUT2D eigenvalue weighted by molar-refractivity contribution is 0.0441. The fourth-order valence-corrected chi connectivity index (χ4v) is 4.31. The molecule has 0 radical (unpaired) electrons. The van der Waals surface area contributed by atoms with E-state index in [2.05, 4.69) is 4.98 Å². The highest BCUT2D eigenvalue weighted by atomic mass is 35.5. The number of aromatic amines is 1. The predicted octanol–water partition coefficient (Wildman–Crippen LogP) is 2.16. The molecule has 2 aliphatic heterocycles. The highest BCUT2D eigenvalue weighted by Gasteiger charge is 2.31. The van der Waals surface area contributed by atoms with Gasteiger partial charge < -0.3 is 14.6 Å². The summed E-state index contributed by atoms with van der Waals surface area (Å²) >= 11 is 7.72. The fourth-order valence-electron chi connectivity index (χ4n) is 2.92. The second kappa shape index (κ2) is 7.06. The van der Waals surface area contributed by atoms with Crippen LogP contribution in [0.3, 0.4) is 0 Å². The van der Waals surface area contributed by atoms with E-state index in [4.69, 9.17) is 16.3 Å². The first-order valence-electron chi connectivity index (χ1n) is 7.53. The summed E-state index contributed by atoms with van der Waals surface area (Å²) < 4.78 is 5.69. The molecule has 2 atom stereocenters. The van der Waals surface area contributed by atoms with Gasteiger partial charge in [-0.25, -0.2) is 0 Å². The molecule has 120 valence electrons. The number of halogens is 1. The molecule has 0 unspecified atom stereocenters. The molecule has 1 N–H and O–H groups in total.